The zero-order valence-electron chi connectivity index (χ0n) is 14.0. The highest BCUT2D eigenvalue weighted by Gasteiger charge is 2.15. The van der Waals surface area contributed by atoms with Crippen LogP contribution in [0.15, 0.2) is 48.5 Å². The van der Waals surface area contributed by atoms with Crippen molar-refractivity contribution in [1.29, 1.82) is 0 Å². The van der Waals surface area contributed by atoms with Crippen LogP contribution in [0.5, 0.6) is 5.75 Å². The third-order valence-electron chi connectivity index (χ3n) is 3.46. The number of benzene rings is 2. The minimum Gasteiger partial charge on any atom is -0.489 e. The summed E-state index contributed by atoms with van der Waals surface area (Å²) in [5.74, 6) is 0.277. The Bertz CT molecular complexity index is 689. The lowest BCUT2D eigenvalue weighted by Gasteiger charge is -2.14. The molecule has 4 nitrogen and oxygen atoms in total. The topological polar surface area (TPSA) is 64.4 Å². The van der Waals surface area contributed by atoms with E-state index >= 15 is 0 Å². The van der Waals surface area contributed by atoms with Crippen LogP contribution in [-0.2, 0) is 11.4 Å². The number of carbonyl (C=O) groups excluding carboxylic acids is 1. The minimum absolute atomic E-state index is 0.202. The van der Waals surface area contributed by atoms with Crippen molar-refractivity contribution in [3.63, 3.8) is 0 Å². The Labute approximate surface area is 141 Å². The molecular weight excluding hydrogens is 307 g/mol. The van der Waals surface area contributed by atoms with E-state index in [9.17, 15) is 9.18 Å². The molecular formula is C19H23FN2O2. The standard InChI is InChI=1S/C19H23FN2O2/c1-13(2)9-18(21)19(23)22-16-7-3-5-14(10-16)12-24-17-8-4-6-15(20)11-17/h3-8,10-11,13,18H,9,12,21H2,1-2H3,(H,22,23)/t18-/m0/s1. The summed E-state index contributed by atoms with van der Waals surface area (Å²) in [4.78, 5) is 12.1. The largest absolute Gasteiger partial charge is 0.489 e. The van der Waals surface area contributed by atoms with E-state index in [1.54, 1.807) is 18.2 Å². The number of nitrogens with one attached hydrogen (secondary N) is 1. The Morgan fingerprint density at radius 3 is 2.67 bits per heavy atom. The number of nitrogens with two attached hydrogens (primary N) is 1. The molecule has 24 heavy (non-hydrogen) atoms. The van der Waals surface area contributed by atoms with Crippen molar-refractivity contribution in [3.8, 4) is 5.75 Å². The first-order valence-corrected chi connectivity index (χ1v) is 7.98. The Kier molecular flexibility index (Phi) is 6.32. The second-order valence-corrected chi connectivity index (χ2v) is 6.17. The third-order valence-corrected chi connectivity index (χ3v) is 3.46. The van der Waals surface area contributed by atoms with Crippen LogP contribution in [0.1, 0.15) is 25.8 Å². The van der Waals surface area contributed by atoms with Gasteiger partial charge in [-0.05, 0) is 42.2 Å². The maximum Gasteiger partial charge on any atom is 0.241 e. The van der Waals surface area contributed by atoms with Crippen LogP contribution < -0.4 is 15.8 Å². The SMILES string of the molecule is CC(C)C[C@H](N)C(=O)Nc1cccc(COc2cccc(F)c2)c1. The summed E-state index contributed by atoms with van der Waals surface area (Å²) in [5, 5.41) is 2.82. The van der Waals surface area contributed by atoms with Gasteiger partial charge >= 0.3 is 0 Å². The highest BCUT2D eigenvalue weighted by atomic mass is 19.1. The van der Waals surface area contributed by atoms with Crippen molar-refractivity contribution in [2.24, 2.45) is 11.7 Å². The number of halogens is 1. The predicted molar refractivity (Wildman–Crippen MR) is 93.2 cm³/mol. The van der Waals surface area contributed by atoms with E-state index in [4.69, 9.17) is 10.5 Å². The molecule has 0 bridgehead atoms. The fraction of sp³-hybridized carbons (Fsp3) is 0.316. The fourth-order valence-electron chi connectivity index (χ4n) is 2.31. The summed E-state index contributed by atoms with van der Waals surface area (Å²) in [6.07, 6.45) is 0.633. The number of amides is 1. The van der Waals surface area contributed by atoms with Crippen LogP contribution >= 0.6 is 0 Å². The number of hydrogen-bond acceptors (Lipinski definition) is 3. The summed E-state index contributed by atoms with van der Waals surface area (Å²) in [6, 6.07) is 12.8. The maximum absolute atomic E-state index is 13.1. The molecule has 0 unspecified atom stereocenters. The van der Waals surface area contributed by atoms with E-state index < -0.39 is 6.04 Å². The van der Waals surface area contributed by atoms with Crippen LogP contribution in [0.25, 0.3) is 0 Å². The van der Waals surface area contributed by atoms with Gasteiger partial charge in [0.15, 0.2) is 0 Å². The van der Waals surface area contributed by atoms with E-state index in [-0.39, 0.29) is 18.3 Å². The molecule has 0 aromatic heterocycles. The zero-order valence-corrected chi connectivity index (χ0v) is 14.0. The van der Waals surface area contributed by atoms with Gasteiger partial charge in [0.05, 0.1) is 6.04 Å². The van der Waals surface area contributed by atoms with Crippen LogP contribution in [0.2, 0.25) is 0 Å². The van der Waals surface area contributed by atoms with Crippen molar-refractivity contribution in [2.75, 3.05) is 5.32 Å². The molecule has 0 fully saturated rings. The molecule has 3 N–H and O–H groups in total. The van der Waals surface area contributed by atoms with Crippen LogP contribution in [0.4, 0.5) is 10.1 Å². The third kappa shape index (κ3) is 5.66. The smallest absolute Gasteiger partial charge is 0.241 e. The van der Waals surface area contributed by atoms with Crippen molar-refractivity contribution < 1.29 is 13.9 Å². The quantitative estimate of drug-likeness (QED) is 0.813. The molecule has 1 amide bonds. The Morgan fingerprint density at radius 1 is 1.21 bits per heavy atom. The van der Waals surface area contributed by atoms with Crippen molar-refractivity contribution >= 4 is 11.6 Å². The van der Waals surface area contributed by atoms with Crippen molar-refractivity contribution in [2.45, 2.75) is 32.9 Å². The molecule has 0 saturated carbocycles. The van der Waals surface area contributed by atoms with Gasteiger partial charge in [0.2, 0.25) is 5.91 Å². The monoisotopic (exact) mass is 330 g/mol. The summed E-state index contributed by atoms with van der Waals surface area (Å²) >= 11 is 0. The molecule has 0 aliphatic rings. The number of rotatable bonds is 7. The lowest BCUT2D eigenvalue weighted by atomic mass is 10.0. The average molecular weight is 330 g/mol. The van der Waals surface area contributed by atoms with E-state index in [1.165, 1.54) is 12.1 Å². The van der Waals surface area contributed by atoms with Gasteiger partial charge in [-0.2, -0.15) is 0 Å². The predicted octanol–water partition coefficient (Wildman–Crippen LogP) is 3.72. The first-order chi connectivity index (χ1) is 11.4. The summed E-state index contributed by atoms with van der Waals surface area (Å²) in [6.45, 7) is 4.33. The molecule has 0 aliphatic carbocycles. The second kappa shape index (κ2) is 8.45. The molecule has 0 radical (unpaired) electrons. The molecule has 0 heterocycles. The maximum atomic E-state index is 13.1. The molecule has 2 rings (SSSR count). The Morgan fingerprint density at radius 2 is 1.96 bits per heavy atom. The van der Waals surface area contributed by atoms with Gasteiger partial charge in [-0.1, -0.05) is 32.0 Å². The van der Waals surface area contributed by atoms with Crippen LogP contribution in [0.3, 0.4) is 0 Å². The van der Waals surface area contributed by atoms with Crippen molar-refractivity contribution in [1.82, 2.24) is 0 Å². The van der Waals surface area contributed by atoms with Gasteiger partial charge in [0, 0.05) is 11.8 Å². The van der Waals surface area contributed by atoms with E-state index in [0.29, 0.717) is 23.8 Å². The second-order valence-electron chi connectivity index (χ2n) is 6.17. The lowest BCUT2D eigenvalue weighted by molar-refractivity contribution is -0.117. The molecule has 1 atom stereocenters. The van der Waals surface area contributed by atoms with Crippen LogP contribution in [-0.4, -0.2) is 11.9 Å². The molecule has 2 aromatic carbocycles. The average Bonchev–Trinajstić information content (AvgIpc) is 2.53. The first-order valence-electron chi connectivity index (χ1n) is 7.98. The molecule has 0 aliphatic heterocycles. The van der Waals surface area contributed by atoms with E-state index in [1.807, 2.05) is 32.0 Å². The fourth-order valence-corrected chi connectivity index (χ4v) is 2.31. The first kappa shape index (κ1) is 17.9. The molecule has 0 saturated heterocycles. The summed E-state index contributed by atoms with van der Waals surface area (Å²) in [5.41, 5.74) is 7.42. The normalized spacial score (nSPS) is 12.0. The summed E-state index contributed by atoms with van der Waals surface area (Å²) < 4.78 is 18.7. The number of ether oxygens (including phenoxy) is 1. The molecule has 2 aromatic rings. The summed E-state index contributed by atoms with van der Waals surface area (Å²) in [7, 11) is 0. The van der Waals surface area contributed by atoms with Gasteiger partial charge in [-0.15, -0.1) is 0 Å². The van der Waals surface area contributed by atoms with Gasteiger partial charge in [-0.25, -0.2) is 4.39 Å². The zero-order chi connectivity index (χ0) is 17.5. The van der Waals surface area contributed by atoms with Crippen molar-refractivity contribution in [3.05, 3.63) is 59.9 Å². The molecule has 0 spiro atoms. The van der Waals surface area contributed by atoms with Gasteiger partial charge in [0.1, 0.15) is 18.2 Å². The van der Waals surface area contributed by atoms with Gasteiger partial charge in [-0.3, -0.25) is 4.79 Å². The number of anilines is 1. The van der Waals surface area contributed by atoms with Gasteiger partial charge in [0.25, 0.3) is 0 Å². The van der Waals surface area contributed by atoms with E-state index in [2.05, 4.69) is 5.32 Å². The highest BCUT2D eigenvalue weighted by molar-refractivity contribution is 5.94. The van der Waals surface area contributed by atoms with Crippen LogP contribution in [0, 0.1) is 11.7 Å². The lowest BCUT2D eigenvalue weighted by Crippen LogP contribution is -2.36. The number of carbonyl (C=O) groups is 1. The van der Waals surface area contributed by atoms with Gasteiger partial charge < -0.3 is 15.8 Å². The Balaban J connectivity index is 1.94. The minimum atomic E-state index is -0.530. The molecule has 5 heteroatoms. The van der Waals surface area contributed by atoms with E-state index in [0.717, 1.165) is 5.56 Å². The Hall–Kier alpha value is -2.40. The molecule has 128 valence electrons. The number of hydrogen-bond donors (Lipinski definition) is 2. The highest BCUT2D eigenvalue weighted by Crippen LogP contribution is 2.17.